The Balaban J connectivity index is 1.52. The van der Waals surface area contributed by atoms with E-state index in [0.29, 0.717) is 16.2 Å². The SMILES string of the molecule is O=C(CCNC(=O)c1ccc(F)cc1F)Nc1nc2ccc(Cl)cc2s1. The van der Waals surface area contributed by atoms with Gasteiger partial charge in [-0.1, -0.05) is 22.9 Å². The van der Waals surface area contributed by atoms with E-state index in [-0.39, 0.29) is 24.4 Å². The standard InChI is InChI=1S/C17H12ClF2N3O2S/c18-9-1-4-13-14(7-9)26-17(22-13)23-15(24)5-6-21-16(25)11-3-2-10(19)8-12(11)20/h1-4,7-8H,5-6H2,(H,21,25)(H,22,23,24). The van der Waals surface area contributed by atoms with Crippen LogP contribution in [0, 0.1) is 11.6 Å². The van der Waals surface area contributed by atoms with Gasteiger partial charge in [0.25, 0.3) is 5.91 Å². The van der Waals surface area contributed by atoms with Crippen molar-refractivity contribution in [2.45, 2.75) is 6.42 Å². The lowest BCUT2D eigenvalue weighted by molar-refractivity contribution is -0.116. The monoisotopic (exact) mass is 395 g/mol. The predicted octanol–water partition coefficient (Wildman–Crippen LogP) is 3.99. The fraction of sp³-hybridized carbons (Fsp3) is 0.118. The van der Waals surface area contributed by atoms with Crippen LogP contribution in [-0.2, 0) is 4.79 Å². The van der Waals surface area contributed by atoms with E-state index in [1.807, 2.05) is 0 Å². The second-order valence-corrected chi connectivity index (χ2v) is 6.78. The molecular weight excluding hydrogens is 384 g/mol. The molecule has 0 saturated carbocycles. The quantitative estimate of drug-likeness (QED) is 0.686. The molecule has 0 radical (unpaired) electrons. The van der Waals surface area contributed by atoms with Crippen LogP contribution < -0.4 is 10.6 Å². The maximum Gasteiger partial charge on any atom is 0.254 e. The maximum atomic E-state index is 13.5. The molecule has 0 aliphatic carbocycles. The van der Waals surface area contributed by atoms with Crippen LogP contribution in [0.5, 0.6) is 0 Å². The summed E-state index contributed by atoms with van der Waals surface area (Å²) in [6, 6.07) is 7.87. The number of hydrogen-bond donors (Lipinski definition) is 2. The largest absolute Gasteiger partial charge is 0.351 e. The second kappa shape index (κ2) is 7.76. The fourth-order valence-corrected chi connectivity index (χ4v) is 3.35. The van der Waals surface area contributed by atoms with E-state index in [0.717, 1.165) is 22.3 Å². The molecule has 0 aliphatic rings. The molecule has 0 atom stereocenters. The number of halogens is 3. The lowest BCUT2D eigenvalue weighted by atomic mass is 10.2. The van der Waals surface area contributed by atoms with Crippen LogP contribution in [0.1, 0.15) is 16.8 Å². The Labute approximate surface area is 156 Å². The normalized spacial score (nSPS) is 10.7. The summed E-state index contributed by atoms with van der Waals surface area (Å²) in [5, 5.41) is 6.04. The first-order valence-corrected chi connectivity index (χ1v) is 8.71. The average Bonchev–Trinajstić information content (AvgIpc) is 2.95. The number of nitrogens with zero attached hydrogens (tertiary/aromatic N) is 1. The van der Waals surface area contributed by atoms with Crippen molar-refractivity contribution < 1.29 is 18.4 Å². The Morgan fingerprint density at radius 1 is 1.15 bits per heavy atom. The Hall–Kier alpha value is -2.58. The van der Waals surface area contributed by atoms with Crippen LogP contribution in [0.25, 0.3) is 10.2 Å². The zero-order valence-corrected chi connectivity index (χ0v) is 14.8. The first-order chi connectivity index (χ1) is 12.4. The molecule has 1 aromatic heterocycles. The Kier molecular flexibility index (Phi) is 5.43. The molecule has 0 bridgehead atoms. The van der Waals surface area contributed by atoms with Crippen molar-refractivity contribution in [3.05, 3.63) is 58.6 Å². The number of nitrogens with one attached hydrogen (secondary N) is 2. The number of aromatic nitrogens is 1. The fourth-order valence-electron chi connectivity index (χ4n) is 2.19. The van der Waals surface area contributed by atoms with Crippen LogP contribution in [-0.4, -0.2) is 23.3 Å². The molecule has 3 aromatic rings. The zero-order valence-electron chi connectivity index (χ0n) is 13.2. The number of benzene rings is 2. The first-order valence-electron chi connectivity index (χ1n) is 7.51. The van der Waals surface area contributed by atoms with Crippen LogP contribution in [0.15, 0.2) is 36.4 Å². The maximum absolute atomic E-state index is 13.5. The Morgan fingerprint density at radius 2 is 1.96 bits per heavy atom. The molecule has 134 valence electrons. The predicted molar refractivity (Wildman–Crippen MR) is 96.6 cm³/mol. The Bertz CT molecular complexity index is 993. The van der Waals surface area contributed by atoms with Crippen molar-refractivity contribution in [3.8, 4) is 0 Å². The van der Waals surface area contributed by atoms with Crippen molar-refractivity contribution in [2.24, 2.45) is 0 Å². The number of carbonyl (C=O) groups is 2. The molecule has 0 spiro atoms. The third-order valence-electron chi connectivity index (χ3n) is 3.41. The topological polar surface area (TPSA) is 71.1 Å². The molecule has 9 heteroatoms. The van der Waals surface area contributed by atoms with Gasteiger partial charge in [0.1, 0.15) is 11.6 Å². The number of rotatable bonds is 5. The van der Waals surface area contributed by atoms with Gasteiger partial charge in [-0.3, -0.25) is 9.59 Å². The van der Waals surface area contributed by atoms with Crippen molar-refractivity contribution in [1.29, 1.82) is 0 Å². The molecule has 2 aromatic carbocycles. The summed E-state index contributed by atoms with van der Waals surface area (Å²) >= 11 is 7.19. The minimum Gasteiger partial charge on any atom is -0.351 e. The van der Waals surface area contributed by atoms with Crippen molar-refractivity contribution in [3.63, 3.8) is 0 Å². The molecule has 2 N–H and O–H groups in total. The van der Waals surface area contributed by atoms with Gasteiger partial charge in [-0.15, -0.1) is 0 Å². The van der Waals surface area contributed by atoms with Gasteiger partial charge in [0, 0.05) is 24.1 Å². The Morgan fingerprint density at radius 3 is 2.73 bits per heavy atom. The van der Waals surface area contributed by atoms with Gasteiger partial charge in [-0.2, -0.15) is 0 Å². The van der Waals surface area contributed by atoms with E-state index < -0.39 is 17.5 Å². The number of anilines is 1. The molecular formula is C17H12ClF2N3O2S. The van der Waals surface area contributed by atoms with E-state index in [4.69, 9.17) is 11.6 Å². The van der Waals surface area contributed by atoms with Crippen LogP contribution in [0.2, 0.25) is 5.02 Å². The summed E-state index contributed by atoms with van der Waals surface area (Å²) in [6.45, 7) is -0.00178. The molecule has 0 fully saturated rings. The molecule has 0 aliphatic heterocycles. The van der Waals surface area contributed by atoms with E-state index in [9.17, 15) is 18.4 Å². The second-order valence-electron chi connectivity index (χ2n) is 5.31. The third kappa shape index (κ3) is 4.33. The van der Waals surface area contributed by atoms with Crippen molar-refractivity contribution in [1.82, 2.24) is 10.3 Å². The minimum atomic E-state index is -0.958. The lowest BCUT2D eigenvalue weighted by Crippen LogP contribution is -2.28. The summed E-state index contributed by atoms with van der Waals surface area (Å²) in [6.07, 6.45) is -0.0226. The number of hydrogen-bond acceptors (Lipinski definition) is 4. The average molecular weight is 396 g/mol. The number of fused-ring (bicyclic) bond motifs is 1. The highest BCUT2D eigenvalue weighted by atomic mass is 35.5. The van der Waals surface area contributed by atoms with Gasteiger partial charge in [0.15, 0.2) is 5.13 Å². The van der Waals surface area contributed by atoms with Gasteiger partial charge in [0.2, 0.25) is 5.91 Å². The molecule has 3 rings (SSSR count). The first kappa shape index (κ1) is 18.2. The minimum absolute atomic E-state index is 0.00178. The lowest BCUT2D eigenvalue weighted by Gasteiger charge is -2.06. The van der Waals surface area contributed by atoms with Crippen molar-refractivity contribution in [2.75, 3.05) is 11.9 Å². The van der Waals surface area contributed by atoms with Gasteiger partial charge in [-0.05, 0) is 30.3 Å². The van der Waals surface area contributed by atoms with E-state index >= 15 is 0 Å². The summed E-state index contributed by atoms with van der Waals surface area (Å²) < 4.78 is 27.2. The molecule has 1 heterocycles. The molecule has 5 nitrogen and oxygen atoms in total. The van der Waals surface area contributed by atoms with Gasteiger partial charge >= 0.3 is 0 Å². The summed E-state index contributed by atoms with van der Waals surface area (Å²) in [7, 11) is 0. The highest BCUT2D eigenvalue weighted by molar-refractivity contribution is 7.22. The highest BCUT2D eigenvalue weighted by Crippen LogP contribution is 2.28. The molecule has 2 amide bonds. The van der Waals surface area contributed by atoms with Crippen LogP contribution in [0.4, 0.5) is 13.9 Å². The third-order valence-corrected chi connectivity index (χ3v) is 4.58. The van der Waals surface area contributed by atoms with Crippen LogP contribution >= 0.6 is 22.9 Å². The van der Waals surface area contributed by atoms with Crippen LogP contribution in [0.3, 0.4) is 0 Å². The summed E-state index contributed by atoms with van der Waals surface area (Å²) in [5.41, 5.74) is 0.435. The molecule has 0 unspecified atom stereocenters. The molecule has 26 heavy (non-hydrogen) atoms. The number of carbonyl (C=O) groups excluding carboxylic acids is 2. The zero-order chi connectivity index (χ0) is 18.7. The number of amides is 2. The highest BCUT2D eigenvalue weighted by Gasteiger charge is 2.13. The van der Waals surface area contributed by atoms with E-state index in [1.165, 1.54) is 11.3 Å². The van der Waals surface area contributed by atoms with Gasteiger partial charge in [0.05, 0.1) is 15.8 Å². The van der Waals surface area contributed by atoms with E-state index in [2.05, 4.69) is 15.6 Å². The molecule has 0 saturated heterocycles. The van der Waals surface area contributed by atoms with Gasteiger partial charge < -0.3 is 10.6 Å². The smallest absolute Gasteiger partial charge is 0.254 e. The van der Waals surface area contributed by atoms with E-state index in [1.54, 1.807) is 18.2 Å². The van der Waals surface area contributed by atoms with Crippen molar-refractivity contribution >= 4 is 50.1 Å². The summed E-state index contributed by atoms with van der Waals surface area (Å²) in [5.74, 6) is -2.80. The number of thiazole rings is 1. The summed E-state index contributed by atoms with van der Waals surface area (Å²) in [4.78, 5) is 28.0. The van der Waals surface area contributed by atoms with Gasteiger partial charge in [-0.25, -0.2) is 13.8 Å².